The lowest BCUT2D eigenvalue weighted by atomic mass is 10.0. The second-order valence-corrected chi connectivity index (χ2v) is 5.66. The van der Waals surface area contributed by atoms with Gasteiger partial charge >= 0.3 is 0 Å². The van der Waals surface area contributed by atoms with Crippen LogP contribution in [0.3, 0.4) is 0 Å². The van der Waals surface area contributed by atoms with Gasteiger partial charge in [-0.1, -0.05) is 41.4 Å². The molecule has 1 aromatic carbocycles. The van der Waals surface area contributed by atoms with Crippen molar-refractivity contribution in [2.24, 2.45) is 0 Å². The zero-order valence-electron chi connectivity index (χ0n) is 12.5. The van der Waals surface area contributed by atoms with Crippen molar-refractivity contribution in [2.45, 2.75) is 20.3 Å². The van der Waals surface area contributed by atoms with Crippen LogP contribution < -0.4 is 0 Å². The summed E-state index contributed by atoms with van der Waals surface area (Å²) in [7, 11) is 0. The summed E-state index contributed by atoms with van der Waals surface area (Å²) in [5.74, 6) is 0.637. The average Bonchev–Trinajstić information content (AvgIpc) is 2.53. The minimum atomic E-state index is 0.514. The number of nitrogens with zero attached hydrogens (tertiary/aromatic N) is 3. The van der Waals surface area contributed by atoms with Crippen molar-refractivity contribution in [1.29, 1.82) is 0 Å². The Balaban J connectivity index is 1.95. The second-order valence-electron chi connectivity index (χ2n) is 5.30. The lowest BCUT2D eigenvalue weighted by Crippen LogP contribution is -2.01. The first kappa shape index (κ1) is 14.7. The first-order chi connectivity index (χ1) is 10.6. The molecule has 0 radical (unpaired) electrons. The molecule has 4 heteroatoms. The molecule has 110 valence electrons. The van der Waals surface area contributed by atoms with Gasteiger partial charge in [0.25, 0.3) is 0 Å². The van der Waals surface area contributed by atoms with Gasteiger partial charge in [0.15, 0.2) is 5.82 Å². The van der Waals surface area contributed by atoms with E-state index < -0.39 is 0 Å². The zero-order valence-corrected chi connectivity index (χ0v) is 13.3. The van der Waals surface area contributed by atoms with Crippen LogP contribution in [0.2, 0.25) is 5.15 Å². The molecule has 2 heterocycles. The molecule has 0 aliphatic rings. The van der Waals surface area contributed by atoms with Gasteiger partial charge in [0.1, 0.15) is 5.15 Å². The van der Waals surface area contributed by atoms with Crippen LogP contribution in [0.15, 0.2) is 48.8 Å². The Morgan fingerprint density at radius 3 is 2.23 bits per heavy atom. The number of aromatic nitrogens is 3. The molecule has 0 atom stereocenters. The van der Waals surface area contributed by atoms with E-state index in [-0.39, 0.29) is 0 Å². The van der Waals surface area contributed by atoms with Gasteiger partial charge in [-0.05, 0) is 31.5 Å². The SMILES string of the molecule is Cc1ccc(Cc2c(C)nc(-c3ccncc3)nc2Cl)cc1. The summed E-state index contributed by atoms with van der Waals surface area (Å²) in [6.45, 7) is 4.05. The normalized spacial score (nSPS) is 10.7. The Morgan fingerprint density at radius 1 is 0.909 bits per heavy atom. The Morgan fingerprint density at radius 2 is 1.59 bits per heavy atom. The van der Waals surface area contributed by atoms with E-state index in [4.69, 9.17) is 11.6 Å². The molecule has 0 N–H and O–H groups in total. The molecule has 3 aromatic rings. The Kier molecular flexibility index (Phi) is 4.16. The largest absolute Gasteiger partial charge is 0.265 e. The lowest BCUT2D eigenvalue weighted by molar-refractivity contribution is 1.02. The maximum atomic E-state index is 6.40. The molecular weight excluding hydrogens is 294 g/mol. The molecular formula is C18H16ClN3. The van der Waals surface area contributed by atoms with E-state index in [0.717, 1.165) is 23.2 Å². The highest BCUT2D eigenvalue weighted by molar-refractivity contribution is 6.30. The number of aryl methyl sites for hydroxylation is 2. The van der Waals surface area contributed by atoms with Gasteiger partial charge in [-0.15, -0.1) is 0 Å². The van der Waals surface area contributed by atoms with Crippen molar-refractivity contribution in [3.05, 3.63) is 76.3 Å². The van der Waals surface area contributed by atoms with Crippen molar-refractivity contribution in [3.8, 4) is 11.4 Å². The van der Waals surface area contributed by atoms with Crippen molar-refractivity contribution < 1.29 is 0 Å². The minimum absolute atomic E-state index is 0.514. The molecule has 3 rings (SSSR count). The summed E-state index contributed by atoms with van der Waals surface area (Å²) >= 11 is 6.40. The van der Waals surface area contributed by atoms with Gasteiger partial charge in [-0.25, -0.2) is 9.97 Å². The molecule has 0 fully saturated rings. The summed E-state index contributed by atoms with van der Waals surface area (Å²) < 4.78 is 0. The third kappa shape index (κ3) is 3.15. The fourth-order valence-corrected chi connectivity index (χ4v) is 2.59. The highest BCUT2D eigenvalue weighted by Gasteiger charge is 2.12. The number of pyridine rings is 1. The van der Waals surface area contributed by atoms with E-state index in [2.05, 4.69) is 46.1 Å². The van der Waals surface area contributed by atoms with Crippen LogP contribution in [0.1, 0.15) is 22.4 Å². The van der Waals surface area contributed by atoms with Crippen LogP contribution in [0.5, 0.6) is 0 Å². The summed E-state index contributed by atoms with van der Waals surface area (Å²) in [5, 5.41) is 0.514. The fourth-order valence-electron chi connectivity index (χ4n) is 2.30. The van der Waals surface area contributed by atoms with Crippen molar-refractivity contribution in [3.63, 3.8) is 0 Å². The molecule has 0 saturated heterocycles. The van der Waals surface area contributed by atoms with Gasteiger partial charge in [-0.2, -0.15) is 0 Å². The number of hydrogen-bond donors (Lipinski definition) is 0. The van der Waals surface area contributed by atoms with E-state index in [1.54, 1.807) is 12.4 Å². The summed E-state index contributed by atoms with van der Waals surface area (Å²) in [5.41, 5.74) is 5.25. The average molecular weight is 310 g/mol. The fraction of sp³-hybridized carbons (Fsp3) is 0.167. The van der Waals surface area contributed by atoms with Gasteiger partial charge < -0.3 is 0 Å². The number of benzene rings is 1. The molecule has 0 aliphatic heterocycles. The van der Waals surface area contributed by atoms with Crippen LogP contribution in [0.4, 0.5) is 0 Å². The van der Waals surface area contributed by atoms with Crippen molar-refractivity contribution in [1.82, 2.24) is 15.0 Å². The highest BCUT2D eigenvalue weighted by atomic mass is 35.5. The molecule has 3 nitrogen and oxygen atoms in total. The predicted molar refractivity (Wildman–Crippen MR) is 89.0 cm³/mol. The standard InChI is InChI=1S/C18H16ClN3/c1-12-3-5-14(6-4-12)11-16-13(2)21-18(22-17(16)19)15-7-9-20-10-8-15/h3-10H,11H2,1-2H3. The second kappa shape index (κ2) is 6.24. The molecule has 0 unspecified atom stereocenters. The molecule has 0 spiro atoms. The van der Waals surface area contributed by atoms with Crippen molar-refractivity contribution in [2.75, 3.05) is 0 Å². The minimum Gasteiger partial charge on any atom is -0.265 e. The van der Waals surface area contributed by atoms with E-state index in [1.165, 1.54) is 11.1 Å². The maximum Gasteiger partial charge on any atom is 0.161 e. The third-order valence-corrected chi connectivity index (χ3v) is 3.92. The number of hydrogen-bond acceptors (Lipinski definition) is 3. The topological polar surface area (TPSA) is 38.7 Å². The lowest BCUT2D eigenvalue weighted by Gasteiger charge is -2.10. The van der Waals surface area contributed by atoms with E-state index in [9.17, 15) is 0 Å². The van der Waals surface area contributed by atoms with Gasteiger partial charge in [0, 0.05) is 35.6 Å². The van der Waals surface area contributed by atoms with E-state index >= 15 is 0 Å². The Labute approximate surface area is 135 Å². The van der Waals surface area contributed by atoms with Crippen LogP contribution in [0, 0.1) is 13.8 Å². The van der Waals surface area contributed by atoms with Gasteiger partial charge in [-0.3, -0.25) is 4.98 Å². The highest BCUT2D eigenvalue weighted by Crippen LogP contribution is 2.24. The predicted octanol–water partition coefficient (Wildman–Crippen LogP) is 4.40. The smallest absolute Gasteiger partial charge is 0.161 e. The van der Waals surface area contributed by atoms with Crippen LogP contribution >= 0.6 is 11.6 Å². The maximum absolute atomic E-state index is 6.40. The first-order valence-corrected chi connectivity index (χ1v) is 7.50. The van der Waals surface area contributed by atoms with E-state index in [0.29, 0.717) is 11.0 Å². The number of halogens is 1. The van der Waals surface area contributed by atoms with Crippen molar-refractivity contribution >= 4 is 11.6 Å². The van der Waals surface area contributed by atoms with Crippen LogP contribution in [0.25, 0.3) is 11.4 Å². The molecule has 0 bridgehead atoms. The Bertz CT molecular complexity index is 760. The molecule has 0 saturated carbocycles. The first-order valence-electron chi connectivity index (χ1n) is 7.12. The Hall–Kier alpha value is -2.26. The molecule has 22 heavy (non-hydrogen) atoms. The zero-order chi connectivity index (χ0) is 15.5. The third-order valence-electron chi connectivity index (χ3n) is 3.60. The quantitative estimate of drug-likeness (QED) is 0.673. The van der Waals surface area contributed by atoms with Gasteiger partial charge in [0.05, 0.1) is 0 Å². The summed E-state index contributed by atoms with van der Waals surface area (Å²) in [6, 6.07) is 12.2. The van der Waals surface area contributed by atoms with E-state index in [1.807, 2.05) is 19.1 Å². The molecule has 2 aromatic heterocycles. The summed E-state index contributed by atoms with van der Waals surface area (Å²) in [4.78, 5) is 13.0. The van der Waals surface area contributed by atoms with Gasteiger partial charge in [0.2, 0.25) is 0 Å². The van der Waals surface area contributed by atoms with Crippen LogP contribution in [-0.4, -0.2) is 15.0 Å². The summed E-state index contributed by atoms with van der Waals surface area (Å²) in [6.07, 6.45) is 4.19. The number of rotatable bonds is 3. The van der Waals surface area contributed by atoms with Crippen LogP contribution in [-0.2, 0) is 6.42 Å². The molecule has 0 aliphatic carbocycles. The monoisotopic (exact) mass is 309 g/mol. The molecule has 0 amide bonds.